The van der Waals surface area contributed by atoms with Crippen LogP contribution in [0, 0.1) is 0 Å². The third-order valence-electron chi connectivity index (χ3n) is 2.15. The molecule has 2 rings (SSSR count). The van der Waals surface area contributed by atoms with Gasteiger partial charge >= 0.3 is 0 Å². The Morgan fingerprint density at radius 1 is 1.37 bits per heavy atom. The quantitative estimate of drug-likeness (QED) is 0.896. The molecule has 2 aromatic rings. The summed E-state index contributed by atoms with van der Waals surface area (Å²) in [5, 5.41) is 6.12. The fourth-order valence-electron chi connectivity index (χ4n) is 1.35. The molecule has 1 heterocycles. The van der Waals surface area contributed by atoms with Crippen LogP contribution in [0.5, 0.6) is 5.75 Å². The third kappa shape index (κ3) is 2.75. The second kappa shape index (κ2) is 5.24. The molecule has 0 aliphatic carbocycles. The molecule has 0 unspecified atom stereocenters. The summed E-state index contributed by atoms with van der Waals surface area (Å²) in [6.45, 7) is 0. The zero-order valence-electron chi connectivity index (χ0n) is 9.52. The average molecular weight is 323 g/mol. The van der Waals surface area contributed by atoms with Crippen molar-refractivity contribution in [2.45, 2.75) is 4.90 Å². The van der Waals surface area contributed by atoms with E-state index in [0.717, 1.165) is 0 Å². The van der Waals surface area contributed by atoms with Gasteiger partial charge in [0.2, 0.25) is 5.95 Å². The number of ether oxygens (including phenoxy) is 1. The number of H-pyrrole nitrogens is 1. The van der Waals surface area contributed by atoms with E-state index in [4.69, 9.17) is 27.9 Å². The first-order valence-electron chi connectivity index (χ1n) is 4.86. The highest BCUT2D eigenvalue weighted by molar-refractivity contribution is 7.92. The smallest absolute Gasteiger partial charge is 0.267 e. The summed E-state index contributed by atoms with van der Waals surface area (Å²) in [7, 11) is -2.62. The molecule has 10 heteroatoms. The summed E-state index contributed by atoms with van der Waals surface area (Å²) in [5.41, 5.74) is 0. The minimum atomic E-state index is -3.92. The number of aromatic amines is 1. The van der Waals surface area contributed by atoms with Crippen molar-refractivity contribution >= 4 is 39.2 Å². The number of sulfonamides is 1. The standard InChI is InChI=1S/C9H8Cl2N4O3S/c1-18-8-6(3-2-5(10)7(8)11)19(16,17)15-9-12-4-13-14-9/h2-4H,1H3,(H2,12,13,14,15). The van der Waals surface area contributed by atoms with Gasteiger partial charge in [0.1, 0.15) is 16.2 Å². The Kier molecular flexibility index (Phi) is 3.83. The number of nitrogens with one attached hydrogen (secondary N) is 2. The molecule has 1 aromatic carbocycles. The zero-order valence-corrected chi connectivity index (χ0v) is 11.8. The second-order valence-corrected chi connectivity index (χ2v) is 5.77. The molecule has 0 amide bonds. The Morgan fingerprint density at radius 3 is 2.68 bits per heavy atom. The molecule has 0 saturated carbocycles. The summed E-state index contributed by atoms with van der Waals surface area (Å²) in [4.78, 5) is 3.51. The number of methoxy groups -OCH3 is 1. The van der Waals surface area contributed by atoms with Crippen molar-refractivity contribution < 1.29 is 13.2 Å². The first-order valence-corrected chi connectivity index (χ1v) is 7.10. The highest BCUT2D eigenvalue weighted by Crippen LogP contribution is 2.37. The minimum absolute atomic E-state index is 0.0182. The van der Waals surface area contributed by atoms with Crippen molar-refractivity contribution in [3.63, 3.8) is 0 Å². The van der Waals surface area contributed by atoms with Gasteiger partial charge < -0.3 is 4.74 Å². The molecule has 1 aromatic heterocycles. The lowest BCUT2D eigenvalue weighted by Gasteiger charge is -2.11. The van der Waals surface area contributed by atoms with Crippen LogP contribution in [0.25, 0.3) is 0 Å². The predicted molar refractivity (Wildman–Crippen MR) is 70.2 cm³/mol. The van der Waals surface area contributed by atoms with Crippen LogP contribution in [0.3, 0.4) is 0 Å². The lowest BCUT2D eigenvalue weighted by atomic mass is 10.3. The number of hydrogen-bond acceptors (Lipinski definition) is 5. The molecule has 0 radical (unpaired) electrons. The minimum Gasteiger partial charge on any atom is -0.494 e. The van der Waals surface area contributed by atoms with Crippen LogP contribution in [-0.4, -0.2) is 30.7 Å². The molecule has 7 nitrogen and oxygen atoms in total. The van der Waals surface area contributed by atoms with Crippen molar-refractivity contribution in [3.8, 4) is 5.75 Å². The van der Waals surface area contributed by atoms with E-state index in [9.17, 15) is 8.42 Å². The van der Waals surface area contributed by atoms with E-state index in [1.165, 1.54) is 25.6 Å². The number of hydrogen-bond donors (Lipinski definition) is 2. The van der Waals surface area contributed by atoms with Crippen LogP contribution in [0.1, 0.15) is 0 Å². The Bertz CT molecular complexity index is 688. The molecule has 0 atom stereocenters. The van der Waals surface area contributed by atoms with Gasteiger partial charge in [-0.3, -0.25) is 0 Å². The molecule has 0 aliphatic heterocycles. The van der Waals surface area contributed by atoms with Gasteiger partial charge in [0.15, 0.2) is 5.75 Å². The largest absolute Gasteiger partial charge is 0.494 e. The molecular formula is C9H8Cl2N4O3S. The van der Waals surface area contributed by atoms with Crippen LogP contribution >= 0.6 is 23.2 Å². The lowest BCUT2D eigenvalue weighted by Crippen LogP contribution is -2.15. The molecule has 0 aliphatic rings. The maximum Gasteiger partial charge on any atom is 0.267 e. The molecule has 0 saturated heterocycles. The van der Waals surface area contributed by atoms with Gasteiger partial charge in [-0.25, -0.2) is 18.2 Å². The SMILES string of the molecule is COc1c(S(=O)(=O)Nc2ncn[nH]2)ccc(Cl)c1Cl. The number of anilines is 1. The lowest BCUT2D eigenvalue weighted by molar-refractivity contribution is 0.403. The monoisotopic (exact) mass is 322 g/mol. The zero-order chi connectivity index (χ0) is 14.0. The fourth-order valence-corrected chi connectivity index (χ4v) is 2.94. The number of aromatic nitrogens is 3. The first-order chi connectivity index (χ1) is 8.95. The Balaban J connectivity index is 2.49. The summed E-state index contributed by atoms with van der Waals surface area (Å²) in [5.74, 6) is -0.0608. The van der Waals surface area contributed by atoms with Crippen LogP contribution < -0.4 is 9.46 Å². The molecular weight excluding hydrogens is 315 g/mol. The normalized spacial score (nSPS) is 11.3. The van der Waals surface area contributed by atoms with Crippen LogP contribution in [-0.2, 0) is 10.0 Å². The van der Waals surface area contributed by atoms with E-state index < -0.39 is 10.0 Å². The van der Waals surface area contributed by atoms with Gasteiger partial charge in [-0.2, -0.15) is 10.1 Å². The molecule has 19 heavy (non-hydrogen) atoms. The molecule has 2 N–H and O–H groups in total. The number of rotatable bonds is 4. The van der Waals surface area contributed by atoms with E-state index in [2.05, 4.69) is 19.9 Å². The van der Waals surface area contributed by atoms with Crippen LogP contribution in [0.15, 0.2) is 23.4 Å². The Labute approximate surface area is 119 Å². The van der Waals surface area contributed by atoms with Crippen molar-refractivity contribution in [2.75, 3.05) is 11.8 Å². The van der Waals surface area contributed by atoms with E-state index >= 15 is 0 Å². The predicted octanol–water partition coefficient (Wildman–Crippen LogP) is 1.92. The summed E-state index contributed by atoms with van der Waals surface area (Å²) >= 11 is 11.7. The Hall–Kier alpha value is -1.51. The van der Waals surface area contributed by atoms with Gasteiger partial charge in [-0.05, 0) is 12.1 Å². The number of benzene rings is 1. The van der Waals surface area contributed by atoms with E-state index in [1.807, 2.05) is 0 Å². The van der Waals surface area contributed by atoms with Gasteiger partial charge in [0.05, 0.1) is 12.1 Å². The van der Waals surface area contributed by atoms with Crippen molar-refractivity contribution in [1.82, 2.24) is 15.2 Å². The summed E-state index contributed by atoms with van der Waals surface area (Å²) in [6, 6.07) is 2.65. The van der Waals surface area contributed by atoms with E-state index in [1.54, 1.807) is 0 Å². The maximum atomic E-state index is 12.2. The molecule has 0 bridgehead atoms. The van der Waals surface area contributed by atoms with E-state index in [-0.39, 0.29) is 26.6 Å². The topological polar surface area (TPSA) is 97.0 Å². The van der Waals surface area contributed by atoms with Crippen LogP contribution in [0.2, 0.25) is 10.0 Å². The van der Waals surface area contributed by atoms with E-state index in [0.29, 0.717) is 0 Å². The second-order valence-electron chi connectivity index (χ2n) is 3.33. The maximum absolute atomic E-state index is 12.2. The Morgan fingerprint density at radius 2 is 2.11 bits per heavy atom. The summed E-state index contributed by atoms with van der Waals surface area (Å²) < 4.78 is 31.5. The van der Waals surface area contributed by atoms with Crippen molar-refractivity contribution in [2.24, 2.45) is 0 Å². The highest BCUT2D eigenvalue weighted by atomic mass is 35.5. The van der Waals surface area contributed by atoms with Gasteiger partial charge in [-0.15, -0.1) is 0 Å². The van der Waals surface area contributed by atoms with Gasteiger partial charge in [-0.1, -0.05) is 23.2 Å². The van der Waals surface area contributed by atoms with Crippen molar-refractivity contribution in [1.29, 1.82) is 0 Å². The highest BCUT2D eigenvalue weighted by Gasteiger charge is 2.23. The van der Waals surface area contributed by atoms with Crippen molar-refractivity contribution in [3.05, 3.63) is 28.5 Å². The first kappa shape index (κ1) is 13.9. The fraction of sp³-hybridized carbons (Fsp3) is 0.111. The molecule has 0 fully saturated rings. The molecule has 0 spiro atoms. The van der Waals surface area contributed by atoms with Gasteiger partial charge in [0, 0.05) is 0 Å². The molecule has 102 valence electrons. The number of nitrogens with zero attached hydrogens (tertiary/aromatic N) is 2. The third-order valence-corrected chi connectivity index (χ3v) is 4.30. The number of halogens is 2. The summed E-state index contributed by atoms with van der Waals surface area (Å²) in [6.07, 6.45) is 1.17. The average Bonchev–Trinajstić information content (AvgIpc) is 2.84. The van der Waals surface area contributed by atoms with Gasteiger partial charge in [0.25, 0.3) is 10.0 Å². The van der Waals surface area contributed by atoms with Crippen LogP contribution in [0.4, 0.5) is 5.95 Å².